The minimum Gasteiger partial charge on any atom is -0.491 e. The number of hydrogen-bond donors (Lipinski definition) is 0. The van der Waals surface area contributed by atoms with Crippen LogP contribution in [0.2, 0.25) is 0 Å². The molecule has 0 spiro atoms. The van der Waals surface area contributed by atoms with Gasteiger partial charge in [-0.2, -0.15) is 8.78 Å². The molecule has 0 N–H and O–H groups in total. The summed E-state index contributed by atoms with van der Waals surface area (Å²) in [4.78, 5) is 12.2. The van der Waals surface area contributed by atoms with Gasteiger partial charge in [0, 0.05) is 6.42 Å². The predicted molar refractivity (Wildman–Crippen MR) is 88.4 cm³/mol. The van der Waals surface area contributed by atoms with Crippen molar-refractivity contribution in [2.45, 2.75) is 39.0 Å². The van der Waals surface area contributed by atoms with Crippen LogP contribution < -0.4 is 9.47 Å². The molecule has 144 valence electrons. The molecular formula is C19H22F4O3. The largest absolute Gasteiger partial charge is 0.491 e. The Bertz CT molecular complexity index is 652. The van der Waals surface area contributed by atoms with Crippen LogP contribution in [0.4, 0.5) is 17.6 Å². The third-order valence-corrected chi connectivity index (χ3v) is 4.38. The van der Waals surface area contributed by atoms with Gasteiger partial charge < -0.3 is 9.47 Å². The minimum atomic E-state index is -1.27. The lowest BCUT2D eigenvalue weighted by atomic mass is 9.81. The summed E-state index contributed by atoms with van der Waals surface area (Å²) in [5.74, 6) is -4.82. The predicted octanol–water partition coefficient (Wildman–Crippen LogP) is 5.29. The molecule has 0 amide bonds. The van der Waals surface area contributed by atoms with Crippen molar-refractivity contribution >= 4 is 5.97 Å². The van der Waals surface area contributed by atoms with Crippen LogP contribution >= 0.6 is 0 Å². The van der Waals surface area contributed by atoms with Crippen molar-refractivity contribution in [2.24, 2.45) is 11.8 Å². The van der Waals surface area contributed by atoms with E-state index in [0.717, 1.165) is 6.07 Å². The number of carbonyl (C=O) groups is 1. The summed E-state index contributed by atoms with van der Waals surface area (Å²) < 4.78 is 63.2. The molecule has 1 aromatic carbocycles. The number of allylic oxidation sites excluding steroid dienone is 2. The average molecular weight is 374 g/mol. The number of carbonyl (C=O) groups excluding carboxylic acids is 1. The first-order chi connectivity index (χ1) is 12.5. The lowest BCUT2D eigenvalue weighted by molar-refractivity contribution is -0.140. The Morgan fingerprint density at radius 3 is 2.38 bits per heavy atom. The topological polar surface area (TPSA) is 35.5 Å². The lowest BCUT2D eigenvalue weighted by Crippen LogP contribution is -2.25. The highest BCUT2D eigenvalue weighted by atomic mass is 19.2. The zero-order valence-electron chi connectivity index (χ0n) is 14.6. The monoisotopic (exact) mass is 374 g/mol. The number of esters is 1. The smallest absolute Gasteiger partial charge is 0.314 e. The molecule has 1 aliphatic carbocycles. The van der Waals surface area contributed by atoms with Crippen LogP contribution in [0.3, 0.4) is 0 Å². The van der Waals surface area contributed by atoms with Crippen LogP contribution in [0, 0.1) is 23.5 Å². The van der Waals surface area contributed by atoms with Crippen LogP contribution in [0.1, 0.15) is 39.0 Å². The molecule has 0 heterocycles. The first-order valence-electron chi connectivity index (χ1n) is 8.70. The number of hydrogen-bond acceptors (Lipinski definition) is 3. The molecule has 1 fully saturated rings. The molecule has 0 bridgehead atoms. The second kappa shape index (κ2) is 9.59. The third-order valence-electron chi connectivity index (χ3n) is 4.38. The molecule has 0 unspecified atom stereocenters. The van der Waals surface area contributed by atoms with Crippen molar-refractivity contribution in [3.8, 4) is 11.5 Å². The summed E-state index contributed by atoms with van der Waals surface area (Å²) in [5, 5.41) is 0. The van der Waals surface area contributed by atoms with E-state index in [1.807, 2.05) is 0 Å². The molecule has 1 aromatic rings. The van der Waals surface area contributed by atoms with Crippen LogP contribution in [0.25, 0.3) is 0 Å². The Kier molecular flexibility index (Phi) is 7.48. The van der Waals surface area contributed by atoms with Crippen LogP contribution in [0.15, 0.2) is 24.0 Å². The number of benzene rings is 1. The highest BCUT2D eigenvalue weighted by Gasteiger charge is 2.28. The maximum atomic E-state index is 14.0. The summed E-state index contributed by atoms with van der Waals surface area (Å²) in [6.07, 6.45) is 3.18. The minimum absolute atomic E-state index is 0.0507. The maximum Gasteiger partial charge on any atom is 0.314 e. The Hall–Kier alpha value is -2.05. The Labute approximate surface area is 150 Å². The maximum absolute atomic E-state index is 14.0. The van der Waals surface area contributed by atoms with Crippen LogP contribution in [-0.4, -0.2) is 19.3 Å². The Morgan fingerprint density at radius 1 is 1.15 bits per heavy atom. The summed E-state index contributed by atoms with van der Waals surface area (Å²) in [7, 11) is 0. The number of alkyl halides is 1. The van der Waals surface area contributed by atoms with Gasteiger partial charge in [0.2, 0.25) is 11.6 Å². The quantitative estimate of drug-likeness (QED) is 0.370. The van der Waals surface area contributed by atoms with Gasteiger partial charge in [0.25, 0.3) is 0 Å². The van der Waals surface area contributed by atoms with E-state index in [0.29, 0.717) is 25.7 Å². The zero-order valence-corrected chi connectivity index (χ0v) is 14.6. The summed E-state index contributed by atoms with van der Waals surface area (Å²) in [6, 6.07) is 2.36. The normalized spacial score (nSPS) is 20.7. The Morgan fingerprint density at radius 2 is 1.77 bits per heavy atom. The average Bonchev–Trinajstić information content (AvgIpc) is 2.62. The molecule has 0 atom stereocenters. The van der Waals surface area contributed by atoms with Gasteiger partial charge in [0.1, 0.15) is 0 Å². The summed E-state index contributed by atoms with van der Waals surface area (Å²) in [5.41, 5.74) is 0. The Balaban J connectivity index is 1.93. The van der Waals surface area contributed by atoms with Crippen molar-refractivity contribution in [2.75, 3.05) is 13.3 Å². The van der Waals surface area contributed by atoms with E-state index >= 15 is 0 Å². The van der Waals surface area contributed by atoms with Gasteiger partial charge in [-0.3, -0.25) is 9.18 Å². The molecule has 7 heteroatoms. The van der Waals surface area contributed by atoms with Gasteiger partial charge in [0.05, 0.1) is 25.0 Å². The van der Waals surface area contributed by atoms with E-state index in [4.69, 9.17) is 9.47 Å². The fourth-order valence-electron chi connectivity index (χ4n) is 3.00. The molecule has 26 heavy (non-hydrogen) atoms. The van der Waals surface area contributed by atoms with Crippen molar-refractivity contribution in [3.05, 3.63) is 35.7 Å². The molecule has 3 nitrogen and oxygen atoms in total. The summed E-state index contributed by atoms with van der Waals surface area (Å²) in [6.45, 7) is 1.08. The van der Waals surface area contributed by atoms with E-state index in [1.165, 1.54) is 12.1 Å². The standard InChI is InChI=1S/C19H22F4O3/c1-2-25-15-7-8-16(18(23)17(15)22)26-19(24)13-5-3-12(4-6-13)11-14(21)9-10-20/h7-8,11-13H,2-6,9-10H2,1H3/b14-11-. The SMILES string of the molecule is CCOc1ccc(OC(=O)C2CCC(/C=C(\F)CCF)CC2)c(F)c1F. The molecule has 2 rings (SSSR count). The second-order valence-corrected chi connectivity index (χ2v) is 6.21. The van der Waals surface area contributed by atoms with Crippen LogP contribution in [0.5, 0.6) is 11.5 Å². The fraction of sp³-hybridized carbons (Fsp3) is 0.526. The third kappa shape index (κ3) is 5.22. The van der Waals surface area contributed by atoms with E-state index in [2.05, 4.69) is 0 Å². The molecule has 0 radical (unpaired) electrons. The molecule has 0 aromatic heterocycles. The molecule has 1 saturated carbocycles. The van der Waals surface area contributed by atoms with Gasteiger partial charge in [-0.1, -0.05) is 0 Å². The highest BCUT2D eigenvalue weighted by Crippen LogP contribution is 2.33. The second-order valence-electron chi connectivity index (χ2n) is 6.21. The number of rotatable bonds is 7. The number of halogens is 4. The van der Waals surface area contributed by atoms with E-state index in [9.17, 15) is 22.4 Å². The molecule has 1 aliphatic rings. The van der Waals surface area contributed by atoms with Crippen LogP contribution in [-0.2, 0) is 4.79 Å². The highest BCUT2D eigenvalue weighted by molar-refractivity contribution is 5.75. The molecule has 0 saturated heterocycles. The van der Waals surface area contributed by atoms with Gasteiger partial charge in [0.15, 0.2) is 11.5 Å². The summed E-state index contributed by atoms with van der Waals surface area (Å²) >= 11 is 0. The van der Waals surface area contributed by atoms with Gasteiger partial charge >= 0.3 is 5.97 Å². The van der Waals surface area contributed by atoms with Gasteiger partial charge in [-0.15, -0.1) is 0 Å². The molecular weight excluding hydrogens is 352 g/mol. The first-order valence-corrected chi connectivity index (χ1v) is 8.70. The van der Waals surface area contributed by atoms with Crippen molar-refractivity contribution in [3.63, 3.8) is 0 Å². The molecule has 0 aliphatic heterocycles. The van der Waals surface area contributed by atoms with Crippen molar-refractivity contribution < 1.29 is 31.8 Å². The van der Waals surface area contributed by atoms with Gasteiger partial charge in [-0.25, -0.2) is 4.39 Å². The van der Waals surface area contributed by atoms with E-state index in [-0.39, 0.29) is 24.7 Å². The van der Waals surface area contributed by atoms with Crippen molar-refractivity contribution in [1.29, 1.82) is 0 Å². The number of ether oxygens (including phenoxy) is 2. The fourth-order valence-corrected chi connectivity index (χ4v) is 3.00. The first kappa shape index (κ1) is 20.3. The van der Waals surface area contributed by atoms with Crippen molar-refractivity contribution in [1.82, 2.24) is 0 Å². The van der Waals surface area contributed by atoms with E-state index in [1.54, 1.807) is 6.92 Å². The van der Waals surface area contributed by atoms with Gasteiger partial charge in [-0.05, 0) is 56.7 Å². The lowest BCUT2D eigenvalue weighted by Gasteiger charge is -2.25. The zero-order chi connectivity index (χ0) is 19.1. The van der Waals surface area contributed by atoms with E-state index < -0.39 is 41.8 Å².